The summed E-state index contributed by atoms with van der Waals surface area (Å²) in [6.07, 6.45) is 0. The van der Waals surface area contributed by atoms with Crippen LogP contribution in [0.2, 0.25) is 0 Å². The first-order valence-electron chi connectivity index (χ1n) is 9.93. The van der Waals surface area contributed by atoms with E-state index in [2.05, 4.69) is 10.2 Å². The van der Waals surface area contributed by atoms with E-state index in [0.717, 1.165) is 16.8 Å². The zero-order valence-electron chi connectivity index (χ0n) is 16.7. The number of benzene rings is 3. The Balaban J connectivity index is 1.61. The molecule has 0 atom stereocenters. The standard InChI is InChI=1S/C24H22N2O5/c27-22-15-18(26-10-12-31-13-11-26)7-9-20(22)23(28)25-21-14-17(6-8-19(21)24(29)30)16-4-2-1-3-5-16/h1-9,14-15,27H,10-13H2,(H,25,28)(H,29,30). The van der Waals surface area contributed by atoms with Crippen molar-refractivity contribution in [3.8, 4) is 16.9 Å². The van der Waals surface area contributed by atoms with Gasteiger partial charge in [-0.1, -0.05) is 36.4 Å². The summed E-state index contributed by atoms with van der Waals surface area (Å²) >= 11 is 0. The van der Waals surface area contributed by atoms with Gasteiger partial charge in [0, 0.05) is 24.8 Å². The van der Waals surface area contributed by atoms with E-state index in [4.69, 9.17) is 4.74 Å². The van der Waals surface area contributed by atoms with Crippen LogP contribution in [-0.2, 0) is 4.74 Å². The highest BCUT2D eigenvalue weighted by Crippen LogP contribution is 2.29. The van der Waals surface area contributed by atoms with Crippen LogP contribution in [0.15, 0.2) is 66.7 Å². The van der Waals surface area contributed by atoms with Crippen LogP contribution in [0.25, 0.3) is 11.1 Å². The number of rotatable bonds is 5. The molecule has 7 nitrogen and oxygen atoms in total. The first-order valence-corrected chi connectivity index (χ1v) is 9.93. The number of anilines is 2. The van der Waals surface area contributed by atoms with E-state index in [0.29, 0.717) is 26.3 Å². The quantitative estimate of drug-likeness (QED) is 0.582. The number of carbonyl (C=O) groups is 2. The summed E-state index contributed by atoms with van der Waals surface area (Å²) in [5.74, 6) is -1.90. The second kappa shape index (κ2) is 8.89. The molecule has 4 rings (SSSR count). The smallest absolute Gasteiger partial charge is 0.337 e. The minimum Gasteiger partial charge on any atom is -0.507 e. The zero-order valence-corrected chi connectivity index (χ0v) is 16.7. The van der Waals surface area contributed by atoms with Crippen LogP contribution in [0.3, 0.4) is 0 Å². The average molecular weight is 418 g/mol. The van der Waals surface area contributed by atoms with E-state index in [1.54, 1.807) is 24.3 Å². The predicted octanol–water partition coefficient (Wildman–Crippen LogP) is 3.85. The number of aromatic carboxylic acids is 1. The normalized spacial score (nSPS) is 13.6. The molecule has 0 spiro atoms. The Morgan fingerprint density at radius 1 is 0.871 bits per heavy atom. The fourth-order valence-corrected chi connectivity index (χ4v) is 3.56. The lowest BCUT2D eigenvalue weighted by Gasteiger charge is -2.29. The number of nitrogens with zero attached hydrogens (tertiary/aromatic N) is 1. The van der Waals surface area contributed by atoms with Crippen molar-refractivity contribution in [1.29, 1.82) is 0 Å². The highest BCUT2D eigenvalue weighted by atomic mass is 16.5. The number of ether oxygens (including phenoxy) is 1. The van der Waals surface area contributed by atoms with E-state index in [1.165, 1.54) is 12.1 Å². The van der Waals surface area contributed by atoms with Crippen molar-refractivity contribution >= 4 is 23.3 Å². The van der Waals surface area contributed by atoms with Crippen LogP contribution in [0.1, 0.15) is 20.7 Å². The fraction of sp³-hybridized carbons (Fsp3) is 0.167. The Morgan fingerprint density at radius 2 is 1.58 bits per heavy atom. The molecule has 0 radical (unpaired) electrons. The molecular formula is C24H22N2O5. The number of carboxylic acids is 1. The van der Waals surface area contributed by atoms with Crippen LogP contribution in [0, 0.1) is 0 Å². The van der Waals surface area contributed by atoms with E-state index in [9.17, 15) is 19.8 Å². The summed E-state index contributed by atoms with van der Waals surface area (Å²) in [5, 5.41) is 22.6. The van der Waals surface area contributed by atoms with Gasteiger partial charge in [-0.25, -0.2) is 4.79 Å². The molecule has 1 amide bonds. The number of aromatic hydroxyl groups is 1. The molecule has 0 aromatic heterocycles. The summed E-state index contributed by atoms with van der Waals surface area (Å²) < 4.78 is 5.34. The number of carboxylic acid groups (broad SMARTS) is 1. The largest absolute Gasteiger partial charge is 0.507 e. The topological polar surface area (TPSA) is 99.1 Å². The number of morpholine rings is 1. The molecule has 1 aliphatic heterocycles. The van der Waals surface area contributed by atoms with Gasteiger partial charge in [-0.15, -0.1) is 0 Å². The SMILES string of the molecule is O=C(Nc1cc(-c2ccccc2)ccc1C(=O)O)c1ccc(N2CCOCC2)cc1O. The van der Waals surface area contributed by atoms with Gasteiger partial charge in [0.15, 0.2) is 0 Å². The molecule has 0 saturated carbocycles. The van der Waals surface area contributed by atoms with Crippen molar-refractivity contribution in [2.75, 3.05) is 36.5 Å². The monoisotopic (exact) mass is 418 g/mol. The number of hydrogen-bond acceptors (Lipinski definition) is 5. The van der Waals surface area contributed by atoms with Crippen molar-refractivity contribution in [3.05, 3.63) is 77.9 Å². The van der Waals surface area contributed by atoms with Crippen molar-refractivity contribution in [2.45, 2.75) is 0 Å². The van der Waals surface area contributed by atoms with Crippen LogP contribution in [-0.4, -0.2) is 48.4 Å². The summed E-state index contributed by atoms with van der Waals surface area (Å²) in [5.41, 5.74) is 2.67. The molecule has 0 unspecified atom stereocenters. The number of hydrogen-bond donors (Lipinski definition) is 3. The Kier molecular flexibility index (Phi) is 5.86. The van der Waals surface area contributed by atoms with Crippen molar-refractivity contribution in [3.63, 3.8) is 0 Å². The molecule has 158 valence electrons. The van der Waals surface area contributed by atoms with Gasteiger partial charge in [0.2, 0.25) is 0 Å². The first-order chi connectivity index (χ1) is 15.0. The minimum absolute atomic E-state index is 0.0301. The Labute approximate surface area is 179 Å². The lowest BCUT2D eigenvalue weighted by Crippen LogP contribution is -2.36. The second-order valence-corrected chi connectivity index (χ2v) is 7.19. The Hall–Kier alpha value is -3.84. The van der Waals surface area contributed by atoms with Crippen molar-refractivity contribution in [1.82, 2.24) is 0 Å². The average Bonchev–Trinajstić information content (AvgIpc) is 2.80. The van der Waals surface area contributed by atoms with E-state index in [-0.39, 0.29) is 22.6 Å². The molecule has 1 fully saturated rings. The molecule has 0 aliphatic carbocycles. The molecule has 7 heteroatoms. The summed E-state index contributed by atoms with van der Waals surface area (Å²) in [6, 6.07) is 19.1. The van der Waals surface area contributed by atoms with E-state index >= 15 is 0 Å². The number of amides is 1. The first kappa shape index (κ1) is 20.4. The summed E-state index contributed by atoms with van der Waals surface area (Å²) in [6.45, 7) is 2.63. The third-order valence-electron chi connectivity index (χ3n) is 5.21. The van der Waals surface area contributed by atoms with Gasteiger partial charge < -0.3 is 25.2 Å². The molecule has 1 aliphatic rings. The molecular weight excluding hydrogens is 396 g/mol. The number of carbonyl (C=O) groups excluding carboxylic acids is 1. The van der Waals surface area contributed by atoms with Gasteiger partial charge >= 0.3 is 5.97 Å². The van der Waals surface area contributed by atoms with Crippen LogP contribution >= 0.6 is 0 Å². The maximum Gasteiger partial charge on any atom is 0.337 e. The molecule has 1 saturated heterocycles. The van der Waals surface area contributed by atoms with Gasteiger partial charge in [0.1, 0.15) is 5.75 Å². The number of phenolic OH excluding ortho intramolecular Hbond substituents is 1. The molecule has 31 heavy (non-hydrogen) atoms. The van der Waals surface area contributed by atoms with Crippen LogP contribution in [0.5, 0.6) is 5.75 Å². The lowest BCUT2D eigenvalue weighted by atomic mass is 10.0. The zero-order chi connectivity index (χ0) is 21.8. The van der Waals surface area contributed by atoms with E-state index in [1.807, 2.05) is 30.3 Å². The predicted molar refractivity (Wildman–Crippen MR) is 118 cm³/mol. The Morgan fingerprint density at radius 3 is 2.26 bits per heavy atom. The summed E-state index contributed by atoms with van der Waals surface area (Å²) in [7, 11) is 0. The highest BCUT2D eigenvalue weighted by Gasteiger charge is 2.19. The van der Waals surface area contributed by atoms with Gasteiger partial charge in [0.25, 0.3) is 5.91 Å². The third kappa shape index (κ3) is 4.51. The van der Waals surface area contributed by atoms with E-state index < -0.39 is 11.9 Å². The maximum absolute atomic E-state index is 12.8. The highest BCUT2D eigenvalue weighted by molar-refractivity contribution is 6.09. The molecule has 1 heterocycles. The lowest BCUT2D eigenvalue weighted by molar-refractivity contribution is 0.0698. The van der Waals surface area contributed by atoms with Gasteiger partial charge in [-0.05, 0) is 35.4 Å². The fourth-order valence-electron chi connectivity index (χ4n) is 3.56. The second-order valence-electron chi connectivity index (χ2n) is 7.19. The third-order valence-corrected chi connectivity index (χ3v) is 5.21. The number of phenols is 1. The summed E-state index contributed by atoms with van der Waals surface area (Å²) in [4.78, 5) is 26.6. The van der Waals surface area contributed by atoms with Gasteiger partial charge in [-0.2, -0.15) is 0 Å². The van der Waals surface area contributed by atoms with Gasteiger partial charge in [0.05, 0.1) is 30.0 Å². The Bertz CT molecular complexity index is 1110. The van der Waals surface area contributed by atoms with Crippen LogP contribution < -0.4 is 10.2 Å². The molecule has 0 bridgehead atoms. The van der Waals surface area contributed by atoms with Gasteiger partial charge in [-0.3, -0.25) is 4.79 Å². The molecule has 3 N–H and O–H groups in total. The minimum atomic E-state index is -1.15. The molecule has 3 aromatic rings. The maximum atomic E-state index is 12.8. The van der Waals surface area contributed by atoms with Crippen LogP contribution in [0.4, 0.5) is 11.4 Å². The van der Waals surface area contributed by atoms with Crippen molar-refractivity contribution in [2.24, 2.45) is 0 Å². The van der Waals surface area contributed by atoms with Crippen molar-refractivity contribution < 1.29 is 24.5 Å². The number of nitrogens with one attached hydrogen (secondary N) is 1. The molecule has 3 aromatic carbocycles.